The number of hydrogen-bond acceptors (Lipinski definition) is 4. The number of pyridine rings is 1. The molecule has 5 heteroatoms. The Labute approximate surface area is 175 Å². The van der Waals surface area contributed by atoms with Crippen molar-refractivity contribution in [3.8, 4) is 0 Å². The molecule has 29 heavy (non-hydrogen) atoms. The molecule has 3 fully saturated rings. The molecule has 1 aliphatic carbocycles. The zero-order chi connectivity index (χ0) is 20.3. The highest BCUT2D eigenvalue weighted by atomic mass is 16.5. The first-order valence-electron chi connectivity index (χ1n) is 11.6. The van der Waals surface area contributed by atoms with Crippen LogP contribution in [0.2, 0.25) is 0 Å². The second kappa shape index (κ2) is 9.13. The molecule has 2 saturated heterocycles. The largest absolute Gasteiger partial charge is 0.385 e. The minimum atomic E-state index is 0.0852. The van der Waals surface area contributed by atoms with Gasteiger partial charge in [0.2, 0.25) is 0 Å². The maximum absolute atomic E-state index is 13.3. The Hall–Kier alpha value is -1.46. The van der Waals surface area contributed by atoms with Gasteiger partial charge in [0.05, 0.1) is 6.04 Å². The van der Waals surface area contributed by atoms with E-state index in [-0.39, 0.29) is 17.5 Å². The average Bonchev–Trinajstić information content (AvgIpc) is 3.28. The van der Waals surface area contributed by atoms with Gasteiger partial charge in [-0.2, -0.15) is 0 Å². The first-order valence-corrected chi connectivity index (χ1v) is 11.6. The number of aryl methyl sites for hydroxylation is 1. The highest BCUT2D eigenvalue weighted by Gasteiger charge is 2.57. The summed E-state index contributed by atoms with van der Waals surface area (Å²) in [6.45, 7) is 3.88. The Morgan fingerprint density at radius 3 is 2.72 bits per heavy atom. The maximum Gasteiger partial charge on any atom is 0.251 e. The lowest BCUT2D eigenvalue weighted by atomic mass is 9.71. The summed E-state index contributed by atoms with van der Waals surface area (Å²) in [4.78, 5) is 20.3. The van der Waals surface area contributed by atoms with Crippen LogP contribution >= 0.6 is 0 Å². The molecular formula is C24H37N3O2. The second-order valence-corrected chi connectivity index (χ2v) is 9.41. The van der Waals surface area contributed by atoms with Crippen molar-refractivity contribution in [1.82, 2.24) is 15.2 Å². The van der Waals surface area contributed by atoms with Crippen molar-refractivity contribution < 1.29 is 9.53 Å². The normalized spacial score (nSPS) is 28.6. The van der Waals surface area contributed by atoms with E-state index in [0.717, 1.165) is 30.7 Å². The van der Waals surface area contributed by atoms with Crippen LogP contribution in [-0.4, -0.2) is 53.7 Å². The summed E-state index contributed by atoms with van der Waals surface area (Å²) in [5.41, 5.74) is 1.87. The van der Waals surface area contributed by atoms with Crippen LogP contribution in [0.3, 0.4) is 0 Å². The molecule has 4 rings (SSSR count). The van der Waals surface area contributed by atoms with E-state index in [0.29, 0.717) is 12.0 Å². The molecule has 1 unspecified atom stereocenters. The number of ether oxygens (including phenoxy) is 1. The van der Waals surface area contributed by atoms with Crippen LogP contribution in [0.15, 0.2) is 18.5 Å². The van der Waals surface area contributed by atoms with Crippen LogP contribution < -0.4 is 5.32 Å². The van der Waals surface area contributed by atoms with Gasteiger partial charge < -0.3 is 10.1 Å². The van der Waals surface area contributed by atoms with Gasteiger partial charge in [0.15, 0.2) is 0 Å². The maximum atomic E-state index is 13.3. The topological polar surface area (TPSA) is 54.5 Å². The van der Waals surface area contributed by atoms with E-state index in [1.54, 1.807) is 19.5 Å². The van der Waals surface area contributed by atoms with Crippen molar-refractivity contribution >= 4 is 5.91 Å². The molecule has 1 N–H and O–H groups in total. The van der Waals surface area contributed by atoms with E-state index in [9.17, 15) is 4.79 Å². The van der Waals surface area contributed by atoms with Crippen LogP contribution in [0.5, 0.6) is 0 Å². The van der Waals surface area contributed by atoms with Gasteiger partial charge in [0, 0.05) is 49.8 Å². The highest BCUT2D eigenvalue weighted by Crippen LogP contribution is 2.51. The molecule has 3 aliphatic rings. The molecule has 0 spiro atoms. The number of nitrogens with zero attached hydrogens (tertiary/aromatic N) is 2. The van der Waals surface area contributed by atoms with Gasteiger partial charge in [0.1, 0.15) is 0 Å². The second-order valence-electron chi connectivity index (χ2n) is 9.41. The highest BCUT2D eigenvalue weighted by molar-refractivity contribution is 5.95. The molecule has 1 aromatic rings. The first-order chi connectivity index (χ1) is 14.2. The Morgan fingerprint density at radius 2 is 2.03 bits per heavy atom. The summed E-state index contributed by atoms with van der Waals surface area (Å²) >= 11 is 0. The van der Waals surface area contributed by atoms with Gasteiger partial charge >= 0.3 is 0 Å². The van der Waals surface area contributed by atoms with E-state index in [1.807, 2.05) is 13.0 Å². The summed E-state index contributed by atoms with van der Waals surface area (Å²) in [5, 5.41) is 3.58. The van der Waals surface area contributed by atoms with Crippen LogP contribution in [-0.2, 0) is 4.74 Å². The van der Waals surface area contributed by atoms with Crippen LogP contribution in [0.1, 0.15) is 80.1 Å². The lowest BCUT2D eigenvalue weighted by molar-refractivity contribution is 0.0515. The minimum Gasteiger partial charge on any atom is -0.385 e. The number of carbonyl (C=O) groups excluding carboxylic acids is 1. The van der Waals surface area contributed by atoms with Crippen LogP contribution in [0.25, 0.3) is 0 Å². The lowest BCUT2D eigenvalue weighted by Gasteiger charge is -2.47. The van der Waals surface area contributed by atoms with E-state index >= 15 is 0 Å². The number of amides is 1. The zero-order valence-corrected chi connectivity index (χ0v) is 18.2. The van der Waals surface area contributed by atoms with E-state index in [2.05, 4.69) is 15.2 Å². The standard InChI is InChI=1S/C24H37N3O2/c1-18-17-25-14-11-21(18)23(28)26-22(19-7-4-3-5-8-19)24-12-9-20(10-13-24)27(24)15-6-16-29-2/h11,14,17,19-20,22H,3-10,12-13,15-16H2,1-2H3,(H,26,28). The monoisotopic (exact) mass is 399 g/mol. The molecule has 160 valence electrons. The van der Waals surface area contributed by atoms with Crippen molar-refractivity contribution in [2.75, 3.05) is 20.3 Å². The van der Waals surface area contributed by atoms with E-state index < -0.39 is 0 Å². The van der Waals surface area contributed by atoms with Crippen molar-refractivity contribution in [1.29, 1.82) is 0 Å². The van der Waals surface area contributed by atoms with Gasteiger partial charge in [-0.25, -0.2) is 0 Å². The van der Waals surface area contributed by atoms with Gasteiger partial charge in [-0.3, -0.25) is 14.7 Å². The molecule has 1 aromatic heterocycles. The van der Waals surface area contributed by atoms with Gasteiger partial charge in [-0.1, -0.05) is 19.3 Å². The molecule has 5 nitrogen and oxygen atoms in total. The fourth-order valence-corrected chi connectivity index (χ4v) is 6.44. The Kier molecular flexibility index (Phi) is 6.55. The first kappa shape index (κ1) is 20.8. The van der Waals surface area contributed by atoms with Gasteiger partial charge in [0.25, 0.3) is 5.91 Å². The van der Waals surface area contributed by atoms with Crippen molar-refractivity contribution in [2.24, 2.45) is 5.92 Å². The quantitative estimate of drug-likeness (QED) is 0.669. The minimum absolute atomic E-state index is 0.0852. The third-order valence-electron chi connectivity index (χ3n) is 7.83. The summed E-state index contributed by atoms with van der Waals surface area (Å²) < 4.78 is 5.34. The van der Waals surface area contributed by atoms with Gasteiger partial charge in [-0.15, -0.1) is 0 Å². The third kappa shape index (κ3) is 4.09. The number of hydrogen-bond donors (Lipinski definition) is 1. The number of aromatic nitrogens is 1. The summed E-state index contributed by atoms with van der Waals surface area (Å²) in [6, 6.07) is 2.80. The molecule has 1 atom stereocenters. The molecule has 0 radical (unpaired) electrons. The Morgan fingerprint density at radius 1 is 1.28 bits per heavy atom. The predicted molar refractivity (Wildman–Crippen MR) is 115 cm³/mol. The van der Waals surface area contributed by atoms with Crippen LogP contribution in [0, 0.1) is 12.8 Å². The molecule has 1 saturated carbocycles. The smallest absolute Gasteiger partial charge is 0.251 e. The summed E-state index contributed by atoms with van der Waals surface area (Å²) in [7, 11) is 1.79. The van der Waals surface area contributed by atoms with Crippen molar-refractivity contribution in [2.45, 2.75) is 88.8 Å². The molecule has 2 aliphatic heterocycles. The number of rotatable bonds is 8. The third-order valence-corrected chi connectivity index (χ3v) is 7.83. The van der Waals surface area contributed by atoms with Crippen LogP contribution in [0.4, 0.5) is 0 Å². The molecule has 2 bridgehead atoms. The van der Waals surface area contributed by atoms with Crippen molar-refractivity contribution in [3.63, 3.8) is 0 Å². The Balaban J connectivity index is 1.60. The van der Waals surface area contributed by atoms with Crippen molar-refractivity contribution in [3.05, 3.63) is 29.6 Å². The van der Waals surface area contributed by atoms with Gasteiger partial charge in [-0.05, 0) is 69.4 Å². The number of nitrogens with one attached hydrogen (secondary N) is 1. The Bertz CT molecular complexity index is 693. The predicted octanol–water partition coefficient (Wildman–Crippen LogP) is 4.10. The fourth-order valence-electron chi connectivity index (χ4n) is 6.44. The SMILES string of the molecule is COCCCN1C2CCC1(C(NC(=O)c1ccncc1C)C1CCCCC1)CC2. The lowest BCUT2D eigenvalue weighted by Crippen LogP contribution is -2.61. The van der Waals surface area contributed by atoms with E-state index in [4.69, 9.17) is 4.74 Å². The molecule has 0 aromatic carbocycles. The van der Waals surface area contributed by atoms with E-state index in [1.165, 1.54) is 57.8 Å². The fraction of sp³-hybridized carbons (Fsp3) is 0.750. The number of carbonyl (C=O) groups is 1. The molecule has 1 amide bonds. The molecular weight excluding hydrogens is 362 g/mol. The summed E-state index contributed by atoms with van der Waals surface area (Å²) in [5.74, 6) is 0.679. The molecule has 3 heterocycles. The average molecular weight is 400 g/mol. The number of fused-ring (bicyclic) bond motifs is 2. The number of methoxy groups -OCH3 is 1. The summed E-state index contributed by atoms with van der Waals surface area (Å²) in [6.07, 6.45) is 16.0. The zero-order valence-electron chi connectivity index (χ0n) is 18.2.